The maximum Gasteiger partial charge on any atom is 0.226 e. The summed E-state index contributed by atoms with van der Waals surface area (Å²) in [5.41, 5.74) is 2.49. The van der Waals surface area contributed by atoms with Gasteiger partial charge in [0.2, 0.25) is 11.8 Å². The van der Waals surface area contributed by atoms with Gasteiger partial charge in [0.05, 0.1) is 23.8 Å². The summed E-state index contributed by atoms with van der Waals surface area (Å²) in [5.74, 6) is -0.395. The van der Waals surface area contributed by atoms with Crippen LogP contribution in [0.4, 0.5) is 11.4 Å². The number of halogens is 2. The summed E-state index contributed by atoms with van der Waals surface area (Å²) in [6, 6.07) is 12.2. The SMILES string of the molecule is CC(=O)NC(CC(=O)Nc1cc(Cl)ccc1N1CCCCC1)c1ccc(Cl)cc1. The Morgan fingerprint density at radius 1 is 1.00 bits per heavy atom. The summed E-state index contributed by atoms with van der Waals surface area (Å²) < 4.78 is 0. The van der Waals surface area contributed by atoms with Crippen LogP contribution in [0.15, 0.2) is 42.5 Å². The number of carbonyl (C=O) groups is 2. The van der Waals surface area contributed by atoms with Gasteiger partial charge in [-0.3, -0.25) is 9.59 Å². The molecular formula is C22H25Cl2N3O2. The minimum atomic E-state index is -0.442. The molecule has 154 valence electrons. The number of nitrogens with zero attached hydrogens (tertiary/aromatic N) is 1. The highest BCUT2D eigenvalue weighted by Crippen LogP contribution is 2.32. The van der Waals surface area contributed by atoms with Crippen molar-refractivity contribution in [3.63, 3.8) is 0 Å². The van der Waals surface area contributed by atoms with Gasteiger partial charge in [-0.05, 0) is 55.2 Å². The molecule has 1 heterocycles. The van der Waals surface area contributed by atoms with E-state index >= 15 is 0 Å². The van der Waals surface area contributed by atoms with Gasteiger partial charge in [0, 0.05) is 30.1 Å². The van der Waals surface area contributed by atoms with Crippen LogP contribution in [0, 0.1) is 0 Å². The molecule has 2 aromatic rings. The van der Waals surface area contributed by atoms with Crippen LogP contribution in [0.2, 0.25) is 10.0 Å². The third-order valence-electron chi connectivity index (χ3n) is 4.97. The average Bonchev–Trinajstić information content (AvgIpc) is 2.68. The van der Waals surface area contributed by atoms with Crippen LogP contribution in [0.3, 0.4) is 0 Å². The number of benzene rings is 2. The van der Waals surface area contributed by atoms with Crippen molar-refractivity contribution in [3.05, 3.63) is 58.1 Å². The van der Waals surface area contributed by atoms with Gasteiger partial charge in [-0.25, -0.2) is 0 Å². The molecule has 0 aliphatic carbocycles. The Balaban J connectivity index is 1.76. The normalized spacial score (nSPS) is 14.9. The zero-order valence-corrected chi connectivity index (χ0v) is 17.9. The summed E-state index contributed by atoms with van der Waals surface area (Å²) in [5, 5.41) is 7.00. The van der Waals surface area contributed by atoms with Crippen LogP contribution in [0.5, 0.6) is 0 Å². The van der Waals surface area contributed by atoms with E-state index in [1.54, 1.807) is 18.2 Å². The van der Waals surface area contributed by atoms with Crippen LogP contribution < -0.4 is 15.5 Å². The fourth-order valence-electron chi connectivity index (χ4n) is 3.60. The molecule has 0 saturated carbocycles. The second-order valence-corrected chi connectivity index (χ2v) is 8.14. The van der Waals surface area contributed by atoms with Crippen LogP contribution >= 0.6 is 23.2 Å². The van der Waals surface area contributed by atoms with E-state index < -0.39 is 6.04 Å². The third kappa shape index (κ3) is 6.12. The zero-order chi connectivity index (χ0) is 20.8. The minimum absolute atomic E-state index is 0.104. The summed E-state index contributed by atoms with van der Waals surface area (Å²) in [6.45, 7) is 3.36. The first kappa shape index (κ1) is 21.5. The van der Waals surface area contributed by atoms with Gasteiger partial charge < -0.3 is 15.5 Å². The number of amides is 2. The largest absolute Gasteiger partial charge is 0.370 e. The highest BCUT2D eigenvalue weighted by Gasteiger charge is 2.20. The maximum absolute atomic E-state index is 12.8. The predicted molar refractivity (Wildman–Crippen MR) is 119 cm³/mol. The summed E-state index contributed by atoms with van der Waals surface area (Å²) >= 11 is 12.1. The molecule has 2 N–H and O–H groups in total. The zero-order valence-electron chi connectivity index (χ0n) is 16.4. The molecule has 1 saturated heterocycles. The lowest BCUT2D eigenvalue weighted by atomic mass is 10.0. The van der Waals surface area contributed by atoms with Crippen molar-refractivity contribution in [2.45, 2.75) is 38.6 Å². The number of rotatable bonds is 6. The molecule has 0 radical (unpaired) electrons. The summed E-state index contributed by atoms with van der Waals surface area (Å²) in [7, 11) is 0. The van der Waals surface area contributed by atoms with Crippen molar-refractivity contribution in [2.75, 3.05) is 23.3 Å². The van der Waals surface area contributed by atoms with Gasteiger partial charge in [0.1, 0.15) is 0 Å². The number of hydrogen-bond acceptors (Lipinski definition) is 3. The van der Waals surface area contributed by atoms with E-state index in [2.05, 4.69) is 15.5 Å². The molecule has 1 aliphatic heterocycles. The van der Waals surface area contributed by atoms with Crippen molar-refractivity contribution in [1.82, 2.24) is 5.32 Å². The fraction of sp³-hybridized carbons (Fsp3) is 0.364. The van der Waals surface area contributed by atoms with E-state index in [1.807, 2.05) is 24.3 Å². The maximum atomic E-state index is 12.8. The van der Waals surface area contributed by atoms with E-state index in [0.717, 1.165) is 37.2 Å². The molecule has 29 heavy (non-hydrogen) atoms. The first-order valence-electron chi connectivity index (χ1n) is 9.79. The molecule has 1 aliphatic rings. The highest BCUT2D eigenvalue weighted by atomic mass is 35.5. The lowest BCUT2D eigenvalue weighted by Gasteiger charge is -2.30. The van der Waals surface area contributed by atoms with Crippen LogP contribution in [0.25, 0.3) is 0 Å². The Bertz CT molecular complexity index is 865. The van der Waals surface area contributed by atoms with Gasteiger partial charge in [-0.1, -0.05) is 35.3 Å². The highest BCUT2D eigenvalue weighted by molar-refractivity contribution is 6.31. The van der Waals surface area contributed by atoms with E-state index in [4.69, 9.17) is 23.2 Å². The minimum Gasteiger partial charge on any atom is -0.370 e. The van der Waals surface area contributed by atoms with Crippen molar-refractivity contribution in [3.8, 4) is 0 Å². The Morgan fingerprint density at radius 3 is 2.31 bits per heavy atom. The average molecular weight is 434 g/mol. The van der Waals surface area contributed by atoms with Gasteiger partial charge in [0.15, 0.2) is 0 Å². The second kappa shape index (κ2) is 9.99. The number of piperidine rings is 1. The first-order valence-corrected chi connectivity index (χ1v) is 10.5. The molecule has 2 aromatic carbocycles. The van der Waals surface area contributed by atoms with Crippen LogP contribution in [-0.2, 0) is 9.59 Å². The van der Waals surface area contributed by atoms with Crippen LogP contribution in [0.1, 0.15) is 44.2 Å². The molecule has 5 nitrogen and oxygen atoms in total. The number of nitrogens with one attached hydrogen (secondary N) is 2. The summed E-state index contributed by atoms with van der Waals surface area (Å²) in [6.07, 6.45) is 3.60. The Kier molecular flexibility index (Phi) is 7.40. The topological polar surface area (TPSA) is 61.4 Å². The van der Waals surface area contributed by atoms with E-state index in [0.29, 0.717) is 15.7 Å². The standard InChI is InChI=1S/C22H25Cl2N3O2/c1-15(28)25-19(16-5-7-17(23)8-6-16)14-22(29)26-20-13-18(24)9-10-21(20)27-11-3-2-4-12-27/h5-10,13,19H,2-4,11-12,14H2,1H3,(H,25,28)(H,26,29). The van der Waals surface area contributed by atoms with Crippen molar-refractivity contribution in [2.24, 2.45) is 0 Å². The lowest BCUT2D eigenvalue weighted by Crippen LogP contribution is -2.32. The van der Waals surface area contributed by atoms with E-state index in [9.17, 15) is 9.59 Å². The molecule has 0 aromatic heterocycles. The monoisotopic (exact) mass is 433 g/mol. The molecular weight excluding hydrogens is 409 g/mol. The smallest absolute Gasteiger partial charge is 0.226 e. The van der Waals surface area contributed by atoms with Gasteiger partial charge in [0.25, 0.3) is 0 Å². The summed E-state index contributed by atoms with van der Waals surface area (Å²) in [4.78, 5) is 26.8. The van der Waals surface area contributed by atoms with Gasteiger partial charge >= 0.3 is 0 Å². The molecule has 1 unspecified atom stereocenters. The second-order valence-electron chi connectivity index (χ2n) is 7.27. The number of hydrogen-bond donors (Lipinski definition) is 2. The molecule has 0 spiro atoms. The number of anilines is 2. The van der Waals surface area contributed by atoms with E-state index in [1.165, 1.54) is 13.3 Å². The Labute approximate surface area is 181 Å². The molecule has 2 amide bonds. The van der Waals surface area contributed by atoms with Gasteiger partial charge in [-0.2, -0.15) is 0 Å². The molecule has 3 rings (SSSR count). The molecule has 0 bridgehead atoms. The quantitative estimate of drug-likeness (QED) is 0.658. The Morgan fingerprint density at radius 2 is 1.66 bits per heavy atom. The number of carbonyl (C=O) groups excluding carboxylic acids is 2. The van der Waals surface area contributed by atoms with Gasteiger partial charge in [-0.15, -0.1) is 0 Å². The van der Waals surface area contributed by atoms with Crippen molar-refractivity contribution < 1.29 is 9.59 Å². The van der Waals surface area contributed by atoms with E-state index in [-0.39, 0.29) is 18.2 Å². The Hall–Kier alpha value is -2.24. The van der Waals surface area contributed by atoms with Crippen molar-refractivity contribution in [1.29, 1.82) is 0 Å². The fourth-order valence-corrected chi connectivity index (χ4v) is 3.90. The van der Waals surface area contributed by atoms with Crippen molar-refractivity contribution >= 4 is 46.4 Å². The molecule has 7 heteroatoms. The molecule has 1 atom stereocenters. The molecule has 1 fully saturated rings. The lowest BCUT2D eigenvalue weighted by molar-refractivity contribution is -0.120. The first-order chi connectivity index (χ1) is 13.9. The third-order valence-corrected chi connectivity index (χ3v) is 5.46. The van der Waals surface area contributed by atoms with Crippen LogP contribution in [-0.4, -0.2) is 24.9 Å². The predicted octanol–water partition coefficient (Wildman–Crippen LogP) is 5.19.